The molecule has 0 spiro atoms. The second-order valence-electron chi connectivity index (χ2n) is 10.3. The van der Waals surface area contributed by atoms with Gasteiger partial charge in [0.15, 0.2) is 0 Å². The number of halogens is 3. The predicted octanol–water partition coefficient (Wildman–Crippen LogP) is 5.15. The molecule has 1 aliphatic rings. The molecule has 0 saturated carbocycles. The molecule has 1 N–H and O–H groups in total. The van der Waals surface area contributed by atoms with E-state index in [1.54, 1.807) is 6.20 Å². The van der Waals surface area contributed by atoms with Gasteiger partial charge in [-0.25, -0.2) is 4.98 Å². The highest BCUT2D eigenvalue weighted by Crippen LogP contribution is 2.27. The smallest absolute Gasteiger partial charge is 0.342 e. The first kappa shape index (κ1) is 26.9. The molecule has 1 aliphatic heterocycles. The summed E-state index contributed by atoms with van der Waals surface area (Å²) in [6, 6.07) is 12.5. The van der Waals surface area contributed by atoms with Gasteiger partial charge in [0.2, 0.25) is 5.91 Å². The molecular weight excluding hydrogens is 507 g/mol. The van der Waals surface area contributed by atoms with E-state index in [4.69, 9.17) is 4.98 Å². The van der Waals surface area contributed by atoms with Crippen LogP contribution >= 0.6 is 0 Å². The molecule has 1 aromatic carbocycles. The van der Waals surface area contributed by atoms with Gasteiger partial charge < -0.3 is 9.88 Å². The Kier molecular flexibility index (Phi) is 7.44. The summed E-state index contributed by atoms with van der Waals surface area (Å²) >= 11 is 0. The molecule has 5 rings (SSSR count). The van der Waals surface area contributed by atoms with E-state index < -0.39 is 18.5 Å². The number of benzene rings is 1. The zero-order valence-corrected chi connectivity index (χ0v) is 22.2. The first-order chi connectivity index (χ1) is 18.6. The Morgan fingerprint density at radius 3 is 2.51 bits per heavy atom. The van der Waals surface area contributed by atoms with Crippen molar-refractivity contribution in [2.24, 2.45) is 0 Å². The van der Waals surface area contributed by atoms with Crippen LogP contribution in [0.15, 0.2) is 48.8 Å². The van der Waals surface area contributed by atoms with Crippen LogP contribution in [-0.2, 0) is 11.2 Å². The minimum Gasteiger partial charge on any atom is -0.342 e. The number of rotatable bonds is 7. The lowest BCUT2D eigenvalue weighted by atomic mass is 10.1. The van der Waals surface area contributed by atoms with Crippen molar-refractivity contribution >= 4 is 16.9 Å². The fraction of sp³-hybridized carbons (Fsp3) is 0.429. The Bertz CT molecular complexity index is 1450. The Balaban J connectivity index is 1.25. The third-order valence-corrected chi connectivity index (χ3v) is 7.22. The van der Waals surface area contributed by atoms with Gasteiger partial charge in [-0.1, -0.05) is 6.07 Å². The van der Waals surface area contributed by atoms with E-state index >= 15 is 0 Å². The fourth-order valence-corrected chi connectivity index (χ4v) is 5.14. The summed E-state index contributed by atoms with van der Waals surface area (Å²) in [6.45, 7) is 7.88. The Hall–Kier alpha value is -3.73. The maximum atomic E-state index is 12.6. The number of nitrogens with zero attached hydrogens (tertiary/aromatic N) is 6. The van der Waals surface area contributed by atoms with Crippen molar-refractivity contribution in [3.05, 3.63) is 65.9 Å². The number of carbonyl (C=O) groups is 1. The van der Waals surface area contributed by atoms with Gasteiger partial charge in [0.1, 0.15) is 12.2 Å². The van der Waals surface area contributed by atoms with Crippen LogP contribution in [-0.4, -0.2) is 72.8 Å². The van der Waals surface area contributed by atoms with Gasteiger partial charge in [-0.15, -0.1) is 0 Å². The van der Waals surface area contributed by atoms with Gasteiger partial charge >= 0.3 is 6.18 Å². The average Bonchev–Trinajstić information content (AvgIpc) is 3.54. The summed E-state index contributed by atoms with van der Waals surface area (Å²) in [5.74, 6) is -0.0434. The topological polar surface area (TPSA) is 82.9 Å². The van der Waals surface area contributed by atoms with E-state index in [0.717, 1.165) is 39.4 Å². The van der Waals surface area contributed by atoms with Crippen molar-refractivity contribution in [2.45, 2.75) is 51.9 Å². The van der Waals surface area contributed by atoms with Crippen molar-refractivity contribution in [3.8, 4) is 11.3 Å². The molecule has 1 saturated heterocycles. The molecule has 1 atom stereocenters. The van der Waals surface area contributed by atoms with Crippen LogP contribution in [0.3, 0.4) is 0 Å². The molecule has 4 heterocycles. The van der Waals surface area contributed by atoms with Crippen LogP contribution in [0.4, 0.5) is 13.2 Å². The Morgan fingerprint density at radius 1 is 1.03 bits per heavy atom. The fourth-order valence-electron chi connectivity index (χ4n) is 5.14. The van der Waals surface area contributed by atoms with Crippen molar-refractivity contribution in [2.75, 3.05) is 26.2 Å². The predicted molar refractivity (Wildman–Crippen MR) is 142 cm³/mol. The van der Waals surface area contributed by atoms with Crippen molar-refractivity contribution in [1.29, 1.82) is 0 Å². The van der Waals surface area contributed by atoms with E-state index in [1.165, 1.54) is 4.90 Å². The van der Waals surface area contributed by atoms with Gasteiger partial charge in [0.05, 0.1) is 16.7 Å². The van der Waals surface area contributed by atoms with Gasteiger partial charge in [-0.3, -0.25) is 19.4 Å². The summed E-state index contributed by atoms with van der Waals surface area (Å²) in [5.41, 5.74) is 5.88. The number of piperazine rings is 1. The molecule has 1 amide bonds. The van der Waals surface area contributed by atoms with Gasteiger partial charge in [-0.2, -0.15) is 18.3 Å². The number of alkyl halides is 3. The molecule has 1 fully saturated rings. The van der Waals surface area contributed by atoms with Crippen LogP contribution in [0.1, 0.15) is 56.4 Å². The van der Waals surface area contributed by atoms with E-state index in [1.807, 2.05) is 35.1 Å². The normalized spacial score (nSPS) is 15.8. The SMILES string of the molecule is CC(c1ccnc(Cc2nc3ccc(-c4ccnn4C(C)C)cc3[nH]2)c1)N1CCN(C(=O)CC(F)(F)F)CC1. The van der Waals surface area contributed by atoms with Gasteiger partial charge in [0.25, 0.3) is 0 Å². The van der Waals surface area contributed by atoms with Crippen molar-refractivity contribution < 1.29 is 18.0 Å². The number of pyridine rings is 1. The highest BCUT2D eigenvalue weighted by molar-refractivity contribution is 5.81. The number of hydrogen-bond acceptors (Lipinski definition) is 5. The first-order valence-corrected chi connectivity index (χ1v) is 13.1. The number of amides is 1. The third kappa shape index (κ3) is 6.13. The zero-order valence-electron chi connectivity index (χ0n) is 22.2. The molecule has 4 aromatic rings. The number of nitrogens with one attached hydrogen (secondary N) is 1. The Morgan fingerprint density at radius 2 is 1.79 bits per heavy atom. The standard InChI is InChI=1S/C28H32F3N7O/c1-18(2)38-25(7-9-33-38)21-4-5-23-24(15-21)35-26(34-23)16-22-14-20(6-8-32-22)19(3)36-10-12-37(13-11-36)27(39)17-28(29,30)31/h4-9,14-15,18-19H,10-13,16-17H2,1-3H3,(H,34,35). The molecule has 3 aromatic heterocycles. The van der Waals surface area contributed by atoms with E-state index in [-0.39, 0.29) is 25.2 Å². The molecule has 206 valence electrons. The summed E-state index contributed by atoms with van der Waals surface area (Å²) in [5, 5.41) is 4.43. The van der Waals surface area contributed by atoms with Gasteiger partial charge in [0, 0.05) is 68.3 Å². The summed E-state index contributed by atoms with van der Waals surface area (Å²) in [7, 11) is 0. The van der Waals surface area contributed by atoms with Crippen molar-refractivity contribution in [1.82, 2.24) is 34.5 Å². The maximum Gasteiger partial charge on any atom is 0.397 e. The quantitative estimate of drug-likeness (QED) is 0.351. The minimum atomic E-state index is -4.48. The number of imidazole rings is 1. The molecule has 0 radical (unpaired) electrons. The lowest BCUT2D eigenvalue weighted by molar-refractivity contribution is -0.162. The molecule has 11 heteroatoms. The van der Waals surface area contributed by atoms with Crippen LogP contribution in [0, 0.1) is 0 Å². The lowest BCUT2D eigenvalue weighted by Gasteiger charge is -2.38. The molecule has 8 nitrogen and oxygen atoms in total. The van der Waals surface area contributed by atoms with E-state index in [0.29, 0.717) is 19.5 Å². The second kappa shape index (κ2) is 10.8. The number of fused-ring (bicyclic) bond motifs is 1. The summed E-state index contributed by atoms with van der Waals surface area (Å²) in [4.78, 5) is 28.1. The van der Waals surface area contributed by atoms with Crippen LogP contribution in [0.25, 0.3) is 22.3 Å². The largest absolute Gasteiger partial charge is 0.397 e. The van der Waals surface area contributed by atoms with Gasteiger partial charge in [-0.05, 0) is 56.7 Å². The van der Waals surface area contributed by atoms with Crippen LogP contribution in [0.5, 0.6) is 0 Å². The molecule has 1 unspecified atom stereocenters. The highest BCUT2D eigenvalue weighted by atomic mass is 19.4. The number of H-pyrrole nitrogens is 1. The third-order valence-electron chi connectivity index (χ3n) is 7.22. The highest BCUT2D eigenvalue weighted by Gasteiger charge is 2.35. The minimum absolute atomic E-state index is 0.0376. The summed E-state index contributed by atoms with van der Waals surface area (Å²) < 4.78 is 39.7. The second-order valence-corrected chi connectivity index (χ2v) is 10.3. The monoisotopic (exact) mass is 539 g/mol. The number of aromatic amines is 1. The molecule has 39 heavy (non-hydrogen) atoms. The van der Waals surface area contributed by atoms with Crippen molar-refractivity contribution in [3.63, 3.8) is 0 Å². The van der Waals surface area contributed by atoms with Crippen LogP contribution < -0.4 is 0 Å². The lowest BCUT2D eigenvalue weighted by Crippen LogP contribution is -2.50. The zero-order chi connectivity index (χ0) is 27.7. The maximum absolute atomic E-state index is 12.6. The first-order valence-electron chi connectivity index (χ1n) is 13.1. The van der Waals surface area contributed by atoms with Crippen LogP contribution in [0.2, 0.25) is 0 Å². The average molecular weight is 540 g/mol. The Labute approximate surface area is 224 Å². The summed E-state index contributed by atoms with van der Waals surface area (Å²) in [6.07, 6.45) is -1.76. The molecule has 0 aliphatic carbocycles. The van der Waals surface area contributed by atoms with E-state index in [9.17, 15) is 18.0 Å². The van der Waals surface area contributed by atoms with E-state index in [2.05, 4.69) is 52.9 Å². The number of aromatic nitrogens is 5. The molecular formula is C28H32F3N7O. The molecule has 0 bridgehead atoms. The number of hydrogen-bond donors (Lipinski definition) is 1. The number of carbonyl (C=O) groups excluding carboxylic acids is 1.